The third kappa shape index (κ3) is 3.90. The van der Waals surface area contributed by atoms with E-state index in [9.17, 15) is 9.59 Å². The highest BCUT2D eigenvalue weighted by Gasteiger charge is 2.27. The number of amides is 1. The summed E-state index contributed by atoms with van der Waals surface area (Å²) in [5.74, 6) is -0.299. The minimum Gasteiger partial charge on any atom is -0.497 e. The van der Waals surface area contributed by atoms with Crippen molar-refractivity contribution < 1.29 is 14.3 Å². The molecule has 1 amide bonds. The lowest BCUT2D eigenvalue weighted by atomic mass is 9.95. The second-order valence-corrected chi connectivity index (χ2v) is 6.47. The lowest BCUT2D eigenvalue weighted by molar-refractivity contribution is -0.118. The Labute approximate surface area is 148 Å². The molecular weight excluding hydrogens is 318 g/mol. The number of Topliss-reactive ketones (excluding diaryl/α,β-unsaturated/α-hetero) is 1. The summed E-state index contributed by atoms with van der Waals surface area (Å²) in [7, 11) is 3.36. The molecule has 0 spiro atoms. The predicted octanol–water partition coefficient (Wildman–Crippen LogP) is 2.74. The van der Waals surface area contributed by atoms with Crippen molar-refractivity contribution in [1.82, 2.24) is 15.1 Å². The molecule has 0 fully saturated rings. The molecule has 134 valence electrons. The highest BCUT2D eigenvalue weighted by molar-refractivity contribution is 6.43. The molecule has 25 heavy (non-hydrogen) atoms. The first kappa shape index (κ1) is 18.7. The van der Waals surface area contributed by atoms with Gasteiger partial charge in [-0.1, -0.05) is 26.0 Å². The molecule has 6 heteroatoms. The van der Waals surface area contributed by atoms with Crippen LogP contribution < -0.4 is 10.1 Å². The van der Waals surface area contributed by atoms with Crippen LogP contribution >= 0.6 is 0 Å². The van der Waals surface area contributed by atoms with Gasteiger partial charge in [0.25, 0.3) is 11.7 Å². The number of nitrogens with zero attached hydrogens (tertiary/aromatic N) is 2. The van der Waals surface area contributed by atoms with Gasteiger partial charge >= 0.3 is 0 Å². The van der Waals surface area contributed by atoms with Crippen molar-refractivity contribution in [2.45, 2.75) is 33.7 Å². The highest BCUT2D eigenvalue weighted by Crippen LogP contribution is 2.24. The fraction of sp³-hybridized carbons (Fsp3) is 0.421. The number of aromatic nitrogens is 2. The van der Waals surface area contributed by atoms with Crippen LogP contribution in [0.15, 0.2) is 24.3 Å². The molecule has 1 heterocycles. The van der Waals surface area contributed by atoms with Gasteiger partial charge in [0.1, 0.15) is 5.75 Å². The maximum Gasteiger partial charge on any atom is 0.293 e. The van der Waals surface area contributed by atoms with Gasteiger partial charge in [0.05, 0.1) is 24.4 Å². The fourth-order valence-corrected chi connectivity index (χ4v) is 2.87. The van der Waals surface area contributed by atoms with Crippen molar-refractivity contribution in [3.8, 4) is 5.75 Å². The summed E-state index contributed by atoms with van der Waals surface area (Å²) in [6, 6.07) is 7.21. The molecule has 0 aliphatic rings. The largest absolute Gasteiger partial charge is 0.497 e. The number of benzene rings is 1. The number of nitrogens with one attached hydrogen (secondary N) is 1. The number of methoxy groups -OCH3 is 1. The first-order valence-electron chi connectivity index (χ1n) is 8.25. The van der Waals surface area contributed by atoms with Crippen molar-refractivity contribution in [2.75, 3.05) is 7.11 Å². The zero-order valence-electron chi connectivity index (χ0n) is 15.6. The number of aryl methyl sites for hydroxylation is 2. The van der Waals surface area contributed by atoms with E-state index in [1.54, 1.807) is 32.7 Å². The average molecular weight is 343 g/mol. The van der Waals surface area contributed by atoms with Crippen LogP contribution in [0.2, 0.25) is 0 Å². The molecule has 1 unspecified atom stereocenters. The second-order valence-electron chi connectivity index (χ2n) is 6.47. The molecule has 0 saturated carbocycles. The molecule has 2 aromatic rings. The third-order valence-corrected chi connectivity index (χ3v) is 4.37. The Bertz CT molecular complexity index is 776. The summed E-state index contributed by atoms with van der Waals surface area (Å²) in [6.07, 6.45) is 0. The van der Waals surface area contributed by atoms with E-state index in [1.165, 1.54) is 0 Å². The maximum atomic E-state index is 12.6. The SMILES string of the molecule is COc1ccc(C(NC(=O)C(=O)c2c(C)nn(C)c2C)C(C)C)cc1. The Morgan fingerprint density at radius 2 is 1.76 bits per heavy atom. The molecule has 1 aromatic carbocycles. The summed E-state index contributed by atoms with van der Waals surface area (Å²) in [5.41, 5.74) is 2.54. The molecule has 0 aliphatic carbocycles. The van der Waals surface area contributed by atoms with E-state index >= 15 is 0 Å². The highest BCUT2D eigenvalue weighted by atomic mass is 16.5. The van der Waals surface area contributed by atoms with Crippen molar-refractivity contribution in [3.05, 3.63) is 46.8 Å². The zero-order chi connectivity index (χ0) is 18.7. The number of rotatable bonds is 6. The minimum absolute atomic E-state index is 0.126. The molecule has 0 aliphatic heterocycles. The quantitative estimate of drug-likeness (QED) is 0.646. The molecule has 1 N–H and O–H groups in total. The van der Waals surface area contributed by atoms with Gasteiger partial charge in [0.2, 0.25) is 0 Å². The smallest absolute Gasteiger partial charge is 0.293 e. The molecule has 0 radical (unpaired) electrons. The number of hydrogen-bond donors (Lipinski definition) is 1. The first-order valence-corrected chi connectivity index (χ1v) is 8.25. The van der Waals surface area contributed by atoms with E-state index in [0.717, 1.165) is 11.3 Å². The van der Waals surface area contributed by atoms with Crippen LogP contribution in [0, 0.1) is 19.8 Å². The van der Waals surface area contributed by atoms with Crippen LogP contribution in [0.25, 0.3) is 0 Å². The first-order chi connectivity index (χ1) is 11.8. The van der Waals surface area contributed by atoms with Gasteiger partial charge in [0, 0.05) is 12.7 Å². The van der Waals surface area contributed by atoms with Crippen LogP contribution in [0.4, 0.5) is 0 Å². The van der Waals surface area contributed by atoms with E-state index in [-0.39, 0.29) is 12.0 Å². The number of ketones is 1. The lowest BCUT2D eigenvalue weighted by Crippen LogP contribution is -2.37. The Balaban J connectivity index is 2.23. The van der Waals surface area contributed by atoms with Crippen molar-refractivity contribution in [2.24, 2.45) is 13.0 Å². The standard InChI is InChI=1S/C19H25N3O3/c1-11(2)17(14-7-9-15(25-6)10-8-14)20-19(24)18(23)16-12(3)21-22(5)13(16)4/h7-11,17H,1-6H3,(H,20,24). The Morgan fingerprint density at radius 1 is 1.16 bits per heavy atom. The third-order valence-electron chi connectivity index (χ3n) is 4.37. The van der Waals surface area contributed by atoms with Gasteiger partial charge in [-0.15, -0.1) is 0 Å². The van der Waals surface area contributed by atoms with Crippen molar-refractivity contribution in [1.29, 1.82) is 0 Å². The maximum absolute atomic E-state index is 12.6. The molecule has 1 atom stereocenters. The molecular formula is C19H25N3O3. The van der Waals surface area contributed by atoms with Crippen LogP contribution in [0.3, 0.4) is 0 Å². The molecule has 6 nitrogen and oxygen atoms in total. The summed E-state index contributed by atoms with van der Waals surface area (Å²) in [4.78, 5) is 25.2. The Hall–Kier alpha value is -2.63. The normalized spacial score (nSPS) is 12.1. The Kier molecular flexibility index (Phi) is 5.62. The van der Waals surface area contributed by atoms with Crippen molar-refractivity contribution in [3.63, 3.8) is 0 Å². The zero-order valence-corrected chi connectivity index (χ0v) is 15.6. The Morgan fingerprint density at radius 3 is 2.20 bits per heavy atom. The summed E-state index contributed by atoms with van der Waals surface area (Å²) in [5, 5.41) is 7.07. The summed E-state index contributed by atoms with van der Waals surface area (Å²) in [6.45, 7) is 7.52. The van der Waals surface area contributed by atoms with Crippen LogP contribution in [0.1, 0.15) is 47.2 Å². The van der Waals surface area contributed by atoms with Gasteiger partial charge in [-0.2, -0.15) is 5.10 Å². The van der Waals surface area contributed by atoms with Gasteiger partial charge in [0.15, 0.2) is 0 Å². The van der Waals surface area contributed by atoms with Crippen LogP contribution in [-0.2, 0) is 11.8 Å². The topological polar surface area (TPSA) is 73.2 Å². The van der Waals surface area contributed by atoms with Crippen LogP contribution in [-0.4, -0.2) is 28.6 Å². The number of ether oxygens (including phenoxy) is 1. The molecule has 2 rings (SSSR count). The number of carbonyl (C=O) groups excluding carboxylic acids is 2. The van der Waals surface area contributed by atoms with E-state index < -0.39 is 11.7 Å². The molecule has 1 aromatic heterocycles. The summed E-state index contributed by atoms with van der Waals surface area (Å²) >= 11 is 0. The lowest BCUT2D eigenvalue weighted by Gasteiger charge is -2.22. The van der Waals surface area contributed by atoms with E-state index in [2.05, 4.69) is 10.4 Å². The van der Waals surface area contributed by atoms with E-state index in [0.29, 0.717) is 17.0 Å². The van der Waals surface area contributed by atoms with Gasteiger partial charge in [-0.3, -0.25) is 14.3 Å². The fourth-order valence-electron chi connectivity index (χ4n) is 2.87. The van der Waals surface area contributed by atoms with Gasteiger partial charge in [-0.05, 0) is 37.5 Å². The second kappa shape index (κ2) is 7.51. The minimum atomic E-state index is -0.617. The van der Waals surface area contributed by atoms with Crippen LogP contribution in [0.5, 0.6) is 5.75 Å². The monoisotopic (exact) mass is 343 g/mol. The average Bonchev–Trinajstić information content (AvgIpc) is 2.84. The van der Waals surface area contributed by atoms with Crippen molar-refractivity contribution >= 4 is 11.7 Å². The van der Waals surface area contributed by atoms with Gasteiger partial charge in [-0.25, -0.2) is 0 Å². The molecule has 0 saturated heterocycles. The number of carbonyl (C=O) groups is 2. The van der Waals surface area contributed by atoms with E-state index in [1.807, 2.05) is 38.1 Å². The van der Waals surface area contributed by atoms with Gasteiger partial charge < -0.3 is 10.1 Å². The van der Waals surface area contributed by atoms with E-state index in [4.69, 9.17) is 4.74 Å². The predicted molar refractivity (Wildman–Crippen MR) is 95.7 cm³/mol. The number of hydrogen-bond acceptors (Lipinski definition) is 4. The molecule has 0 bridgehead atoms. The summed E-state index contributed by atoms with van der Waals surface area (Å²) < 4.78 is 6.77.